The highest BCUT2D eigenvalue weighted by Crippen LogP contribution is 2.35. The molecule has 1 amide bonds. The summed E-state index contributed by atoms with van der Waals surface area (Å²) in [7, 11) is 0. The SMILES string of the molecule is CC(CC(N)=S)NC(=O)C1CCCc2sccc21. The summed E-state index contributed by atoms with van der Waals surface area (Å²) >= 11 is 6.61. The van der Waals surface area contributed by atoms with E-state index in [1.54, 1.807) is 11.3 Å². The van der Waals surface area contributed by atoms with Gasteiger partial charge in [0.1, 0.15) is 0 Å². The molecule has 2 unspecified atom stereocenters. The van der Waals surface area contributed by atoms with Gasteiger partial charge in [-0.05, 0) is 43.2 Å². The normalized spacial score (nSPS) is 19.9. The molecule has 0 spiro atoms. The fraction of sp³-hybridized carbons (Fsp3) is 0.538. The Kier molecular flexibility index (Phi) is 4.35. The lowest BCUT2D eigenvalue weighted by Gasteiger charge is -2.23. The first-order valence-electron chi connectivity index (χ1n) is 6.23. The number of thiophene rings is 1. The van der Waals surface area contributed by atoms with Crippen molar-refractivity contribution < 1.29 is 4.79 Å². The second-order valence-corrected chi connectivity index (χ2v) is 6.35. The van der Waals surface area contributed by atoms with Crippen molar-refractivity contribution in [2.24, 2.45) is 5.73 Å². The molecule has 0 saturated carbocycles. The monoisotopic (exact) mass is 282 g/mol. The molecule has 2 rings (SSSR count). The molecule has 1 aromatic heterocycles. The van der Waals surface area contributed by atoms with Gasteiger partial charge in [0.15, 0.2) is 0 Å². The molecule has 0 aromatic carbocycles. The summed E-state index contributed by atoms with van der Waals surface area (Å²) in [5.41, 5.74) is 6.70. The zero-order valence-corrected chi connectivity index (χ0v) is 12.1. The maximum atomic E-state index is 12.3. The van der Waals surface area contributed by atoms with Gasteiger partial charge in [0.25, 0.3) is 0 Å². The Bertz CT molecular complexity index is 456. The summed E-state index contributed by atoms with van der Waals surface area (Å²) in [5.74, 6) is 0.117. The van der Waals surface area contributed by atoms with Gasteiger partial charge in [-0.2, -0.15) is 0 Å². The van der Waals surface area contributed by atoms with Crippen LogP contribution in [0.3, 0.4) is 0 Å². The van der Waals surface area contributed by atoms with Crippen LogP contribution in [0.15, 0.2) is 11.4 Å². The first-order valence-corrected chi connectivity index (χ1v) is 7.51. The number of thiocarbonyl (C=S) groups is 1. The van der Waals surface area contributed by atoms with Crippen LogP contribution in [0.5, 0.6) is 0 Å². The highest BCUT2D eigenvalue weighted by Gasteiger charge is 2.27. The minimum atomic E-state index is 0.00814. The molecule has 5 heteroatoms. The molecule has 0 aliphatic heterocycles. The Labute approximate surface area is 117 Å². The summed E-state index contributed by atoms with van der Waals surface area (Å²) in [5, 5.41) is 5.09. The summed E-state index contributed by atoms with van der Waals surface area (Å²) < 4.78 is 0. The average molecular weight is 282 g/mol. The van der Waals surface area contributed by atoms with Gasteiger partial charge in [0.2, 0.25) is 5.91 Å². The van der Waals surface area contributed by atoms with Crippen molar-refractivity contribution in [1.29, 1.82) is 0 Å². The van der Waals surface area contributed by atoms with E-state index in [0.29, 0.717) is 11.4 Å². The van der Waals surface area contributed by atoms with E-state index < -0.39 is 0 Å². The Morgan fingerprint density at radius 2 is 2.50 bits per heavy atom. The van der Waals surface area contributed by atoms with Crippen LogP contribution in [0.1, 0.15) is 42.5 Å². The standard InChI is InChI=1S/C13H18N2OS2/c1-8(7-12(14)17)15-13(16)10-3-2-4-11-9(10)5-6-18-11/h5-6,8,10H,2-4,7H2,1H3,(H2,14,17)(H,15,16). The summed E-state index contributed by atoms with van der Waals surface area (Å²) in [6, 6.07) is 2.10. The third-order valence-corrected chi connectivity index (χ3v) is 4.43. The Morgan fingerprint density at radius 1 is 1.72 bits per heavy atom. The molecule has 0 saturated heterocycles. The smallest absolute Gasteiger partial charge is 0.227 e. The minimum absolute atomic E-state index is 0.00814. The fourth-order valence-electron chi connectivity index (χ4n) is 2.46. The number of nitrogens with two attached hydrogens (primary N) is 1. The molecule has 3 N–H and O–H groups in total. The molecule has 18 heavy (non-hydrogen) atoms. The predicted octanol–water partition coefficient (Wildman–Crippen LogP) is 2.35. The average Bonchev–Trinajstić information content (AvgIpc) is 2.74. The van der Waals surface area contributed by atoms with E-state index in [9.17, 15) is 4.79 Å². The summed E-state index contributed by atoms with van der Waals surface area (Å²) in [6.07, 6.45) is 3.70. The van der Waals surface area contributed by atoms with E-state index in [0.717, 1.165) is 19.3 Å². The van der Waals surface area contributed by atoms with Crippen molar-refractivity contribution in [3.63, 3.8) is 0 Å². The quantitative estimate of drug-likeness (QED) is 0.834. The van der Waals surface area contributed by atoms with E-state index >= 15 is 0 Å². The van der Waals surface area contributed by atoms with Crippen LogP contribution in [0.4, 0.5) is 0 Å². The van der Waals surface area contributed by atoms with Gasteiger partial charge in [-0.15, -0.1) is 11.3 Å². The zero-order valence-electron chi connectivity index (χ0n) is 10.4. The van der Waals surface area contributed by atoms with Crippen LogP contribution < -0.4 is 11.1 Å². The van der Waals surface area contributed by atoms with Crippen molar-refractivity contribution >= 4 is 34.5 Å². The van der Waals surface area contributed by atoms with Crippen molar-refractivity contribution in [2.75, 3.05) is 0 Å². The molecule has 0 bridgehead atoms. The molecule has 0 radical (unpaired) electrons. The van der Waals surface area contributed by atoms with Gasteiger partial charge in [0, 0.05) is 17.3 Å². The Hall–Kier alpha value is -0.940. The highest BCUT2D eigenvalue weighted by molar-refractivity contribution is 7.80. The molecule has 0 fully saturated rings. The molecule has 1 aliphatic rings. The van der Waals surface area contributed by atoms with E-state index in [4.69, 9.17) is 18.0 Å². The largest absolute Gasteiger partial charge is 0.393 e. The van der Waals surface area contributed by atoms with Crippen LogP contribution in [-0.2, 0) is 11.2 Å². The zero-order chi connectivity index (χ0) is 13.1. The van der Waals surface area contributed by atoms with E-state index in [1.165, 1.54) is 10.4 Å². The first kappa shape index (κ1) is 13.5. The van der Waals surface area contributed by atoms with Crippen LogP contribution in [0, 0.1) is 0 Å². The second-order valence-electron chi connectivity index (χ2n) is 4.82. The highest BCUT2D eigenvalue weighted by atomic mass is 32.1. The lowest BCUT2D eigenvalue weighted by Crippen LogP contribution is -2.39. The Morgan fingerprint density at radius 3 is 3.22 bits per heavy atom. The van der Waals surface area contributed by atoms with Gasteiger partial charge in [-0.25, -0.2) is 0 Å². The number of amides is 1. The fourth-order valence-corrected chi connectivity index (χ4v) is 3.69. The number of carbonyl (C=O) groups excluding carboxylic acids is 1. The van der Waals surface area contributed by atoms with Crippen molar-refractivity contribution in [3.05, 3.63) is 21.9 Å². The number of rotatable bonds is 4. The molecule has 2 atom stereocenters. The van der Waals surface area contributed by atoms with Gasteiger partial charge in [0.05, 0.1) is 10.9 Å². The van der Waals surface area contributed by atoms with Crippen LogP contribution >= 0.6 is 23.6 Å². The lowest BCUT2D eigenvalue weighted by molar-refractivity contribution is -0.123. The van der Waals surface area contributed by atoms with Crippen LogP contribution in [0.2, 0.25) is 0 Å². The van der Waals surface area contributed by atoms with E-state index in [-0.39, 0.29) is 17.9 Å². The number of hydrogen-bond acceptors (Lipinski definition) is 3. The third-order valence-electron chi connectivity index (χ3n) is 3.26. The first-order chi connectivity index (χ1) is 8.58. The summed E-state index contributed by atoms with van der Waals surface area (Å²) in [6.45, 7) is 1.94. The molecule has 98 valence electrons. The number of nitrogens with one attached hydrogen (secondary N) is 1. The van der Waals surface area contributed by atoms with E-state index in [2.05, 4.69) is 16.8 Å². The molecule has 1 aliphatic carbocycles. The van der Waals surface area contributed by atoms with Gasteiger partial charge in [-0.3, -0.25) is 4.79 Å². The maximum absolute atomic E-state index is 12.3. The van der Waals surface area contributed by atoms with Crippen molar-refractivity contribution in [2.45, 2.75) is 44.6 Å². The third kappa shape index (κ3) is 3.09. The maximum Gasteiger partial charge on any atom is 0.227 e. The second kappa shape index (κ2) is 5.80. The predicted molar refractivity (Wildman–Crippen MR) is 79.0 cm³/mol. The van der Waals surface area contributed by atoms with Gasteiger partial charge >= 0.3 is 0 Å². The summed E-state index contributed by atoms with van der Waals surface area (Å²) in [4.78, 5) is 14.1. The minimum Gasteiger partial charge on any atom is -0.393 e. The number of hydrogen-bond donors (Lipinski definition) is 2. The van der Waals surface area contributed by atoms with Crippen LogP contribution in [-0.4, -0.2) is 16.9 Å². The van der Waals surface area contributed by atoms with Crippen molar-refractivity contribution in [3.8, 4) is 0 Å². The molecule has 1 aromatic rings. The number of carbonyl (C=O) groups is 1. The van der Waals surface area contributed by atoms with Gasteiger partial charge < -0.3 is 11.1 Å². The number of fused-ring (bicyclic) bond motifs is 1. The van der Waals surface area contributed by atoms with Crippen LogP contribution in [0.25, 0.3) is 0 Å². The topological polar surface area (TPSA) is 55.1 Å². The van der Waals surface area contributed by atoms with Crippen molar-refractivity contribution in [1.82, 2.24) is 5.32 Å². The molecular weight excluding hydrogens is 264 g/mol. The molecular formula is C13H18N2OS2. The Balaban J connectivity index is 2.01. The number of aryl methyl sites for hydroxylation is 1. The van der Waals surface area contributed by atoms with Gasteiger partial charge in [-0.1, -0.05) is 12.2 Å². The molecule has 3 nitrogen and oxygen atoms in total. The lowest BCUT2D eigenvalue weighted by atomic mass is 9.87. The molecule has 1 heterocycles. The van der Waals surface area contributed by atoms with E-state index in [1.807, 2.05) is 6.92 Å².